The number of amides is 1. The number of H-pyrrole nitrogens is 1. The quantitative estimate of drug-likeness (QED) is 0.555. The first-order valence-electron chi connectivity index (χ1n) is 8.54. The van der Waals surface area contributed by atoms with Crippen LogP contribution in [-0.4, -0.2) is 52.6 Å². The number of ether oxygens (including phenoxy) is 2. The predicted octanol–water partition coefficient (Wildman–Crippen LogP) is 1.58. The van der Waals surface area contributed by atoms with E-state index in [1.807, 2.05) is 31.2 Å². The number of carbonyl (C=O) groups excluding carboxylic acids is 1. The van der Waals surface area contributed by atoms with Crippen LogP contribution in [0.3, 0.4) is 0 Å². The first-order valence-corrected chi connectivity index (χ1v) is 8.54. The zero-order chi connectivity index (χ0) is 19.2. The zero-order valence-electron chi connectivity index (χ0n) is 15.2. The lowest BCUT2D eigenvalue weighted by Gasteiger charge is -2.12. The number of nitrogens with one attached hydrogen (secondary N) is 2. The van der Waals surface area contributed by atoms with E-state index in [0.29, 0.717) is 17.8 Å². The number of aromatic amines is 1. The third-order valence-electron chi connectivity index (χ3n) is 4.10. The van der Waals surface area contributed by atoms with Crippen molar-refractivity contribution in [3.63, 3.8) is 0 Å². The third-order valence-corrected chi connectivity index (χ3v) is 4.10. The number of nitrogens with zero attached hydrogens (tertiary/aromatic N) is 2. The molecule has 0 radical (unpaired) electrons. The van der Waals surface area contributed by atoms with Gasteiger partial charge in [0.15, 0.2) is 5.65 Å². The van der Waals surface area contributed by atoms with E-state index in [2.05, 4.69) is 20.5 Å². The first kappa shape index (κ1) is 18.8. The van der Waals surface area contributed by atoms with E-state index in [9.17, 15) is 9.90 Å². The molecule has 0 spiro atoms. The topological polar surface area (TPSA) is 109 Å². The van der Waals surface area contributed by atoms with Gasteiger partial charge in [-0.05, 0) is 30.7 Å². The maximum absolute atomic E-state index is 12.2. The highest BCUT2D eigenvalue weighted by Crippen LogP contribution is 2.14. The Hall–Kier alpha value is -2.97. The molecule has 8 heteroatoms. The molecule has 0 saturated carbocycles. The van der Waals surface area contributed by atoms with Crippen LogP contribution >= 0.6 is 0 Å². The number of rotatable bonds is 8. The fraction of sp³-hybridized carbons (Fsp3) is 0.316. The molecule has 2 aromatic heterocycles. The van der Waals surface area contributed by atoms with Crippen molar-refractivity contribution in [3.05, 3.63) is 53.3 Å². The highest BCUT2D eigenvalue weighted by Gasteiger charge is 2.12. The van der Waals surface area contributed by atoms with Crippen molar-refractivity contribution in [1.82, 2.24) is 20.5 Å². The van der Waals surface area contributed by atoms with Gasteiger partial charge in [-0.15, -0.1) is 0 Å². The van der Waals surface area contributed by atoms with Gasteiger partial charge in [0, 0.05) is 23.8 Å². The monoisotopic (exact) mass is 370 g/mol. The minimum absolute atomic E-state index is 0.0872. The Morgan fingerprint density at radius 3 is 2.85 bits per heavy atom. The van der Waals surface area contributed by atoms with E-state index < -0.39 is 6.10 Å². The standard InChI is InChI=1S/C19H22N4O4/c1-12-17-7-14(8-20-18(17)23-22-12)19(25)21-9-15(24)11-27-10-13-3-5-16(26-2)6-4-13/h3-8,15,24H,9-11H2,1-2H3,(H,21,25)(H,20,22,23). The molecule has 3 aromatic rings. The summed E-state index contributed by atoms with van der Waals surface area (Å²) in [6.07, 6.45) is 0.657. The summed E-state index contributed by atoms with van der Waals surface area (Å²) in [5, 5.41) is 20.3. The van der Waals surface area contributed by atoms with Crippen LogP contribution in [0.4, 0.5) is 0 Å². The molecule has 1 aromatic carbocycles. The van der Waals surface area contributed by atoms with Crippen LogP contribution in [0.1, 0.15) is 21.6 Å². The Balaban J connectivity index is 1.44. The Bertz CT molecular complexity index is 908. The van der Waals surface area contributed by atoms with E-state index in [1.165, 1.54) is 6.20 Å². The molecule has 0 saturated heterocycles. The second-order valence-corrected chi connectivity index (χ2v) is 6.17. The van der Waals surface area contributed by atoms with Gasteiger partial charge in [0.1, 0.15) is 5.75 Å². The Morgan fingerprint density at radius 1 is 1.33 bits per heavy atom. The van der Waals surface area contributed by atoms with Gasteiger partial charge >= 0.3 is 0 Å². The number of fused-ring (bicyclic) bond motifs is 1. The molecule has 1 amide bonds. The third kappa shape index (κ3) is 4.81. The van der Waals surface area contributed by atoms with Crippen LogP contribution in [0, 0.1) is 6.92 Å². The lowest BCUT2D eigenvalue weighted by Crippen LogP contribution is -2.34. The summed E-state index contributed by atoms with van der Waals surface area (Å²) >= 11 is 0. The van der Waals surface area contributed by atoms with Crippen LogP contribution in [0.15, 0.2) is 36.5 Å². The van der Waals surface area contributed by atoms with Crippen LogP contribution in [-0.2, 0) is 11.3 Å². The number of aliphatic hydroxyl groups excluding tert-OH is 1. The summed E-state index contributed by atoms with van der Waals surface area (Å²) in [5.41, 5.74) is 2.80. The fourth-order valence-electron chi connectivity index (χ4n) is 2.55. The number of pyridine rings is 1. The number of methoxy groups -OCH3 is 1. The van der Waals surface area contributed by atoms with Gasteiger partial charge in [-0.3, -0.25) is 9.89 Å². The summed E-state index contributed by atoms with van der Waals surface area (Å²) in [6.45, 7) is 2.44. The molecule has 2 heterocycles. The molecule has 27 heavy (non-hydrogen) atoms. The maximum atomic E-state index is 12.2. The molecule has 0 aliphatic heterocycles. The molecule has 0 aliphatic rings. The van der Waals surface area contributed by atoms with E-state index in [-0.39, 0.29) is 19.1 Å². The van der Waals surface area contributed by atoms with Crippen molar-refractivity contribution in [2.24, 2.45) is 0 Å². The van der Waals surface area contributed by atoms with Gasteiger partial charge < -0.3 is 19.9 Å². The summed E-state index contributed by atoms with van der Waals surface area (Å²) in [6, 6.07) is 9.22. The second kappa shape index (κ2) is 8.61. The van der Waals surface area contributed by atoms with Gasteiger partial charge in [0.25, 0.3) is 5.91 Å². The summed E-state index contributed by atoms with van der Waals surface area (Å²) in [5.74, 6) is 0.471. The van der Waals surface area contributed by atoms with Crippen molar-refractivity contribution in [2.45, 2.75) is 19.6 Å². The Labute approximate surface area is 156 Å². The molecule has 142 valence electrons. The number of aliphatic hydroxyl groups is 1. The average molecular weight is 370 g/mol. The van der Waals surface area contributed by atoms with Gasteiger partial charge in [0.2, 0.25) is 0 Å². The number of aromatic nitrogens is 3. The minimum Gasteiger partial charge on any atom is -0.497 e. The second-order valence-electron chi connectivity index (χ2n) is 6.17. The van der Waals surface area contributed by atoms with E-state index in [4.69, 9.17) is 9.47 Å². The van der Waals surface area contributed by atoms with E-state index >= 15 is 0 Å². The fourth-order valence-corrected chi connectivity index (χ4v) is 2.55. The molecule has 3 N–H and O–H groups in total. The predicted molar refractivity (Wildman–Crippen MR) is 99.6 cm³/mol. The van der Waals surface area contributed by atoms with E-state index in [0.717, 1.165) is 22.4 Å². The van der Waals surface area contributed by atoms with Crippen molar-refractivity contribution >= 4 is 16.9 Å². The zero-order valence-corrected chi connectivity index (χ0v) is 15.2. The molecular formula is C19H22N4O4. The highest BCUT2D eigenvalue weighted by molar-refractivity contribution is 5.97. The van der Waals surface area contributed by atoms with Gasteiger partial charge in [-0.1, -0.05) is 12.1 Å². The number of hydrogen-bond acceptors (Lipinski definition) is 6. The minimum atomic E-state index is -0.806. The SMILES string of the molecule is COc1ccc(COCC(O)CNC(=O)c2cnc3n[nH]c(C)c3c2)cc1. The first-order chi connectivity index (χ1) is 13.1. The van der Waals surface area contributed by atoms with Crippen LogP contribution in [0.25, 0.3) is 11.0 Å². The number of hydrogen-bond donors (Lipinski definition) is 3. The Morgan fingerprint density at radius 2 is 2.11 bits per heavy atom. The van der Waals surface area contributed by atoms with Gasteiger partial charge in [0.05, 0.1) is 32.0 Å². The molecule has 8 nitrogen and oxygen atoms in total. The molecule has 0 bridgehead atoms. The molecule has 1 unspecified atom stereocenters. The lowest BCUT2D eigenvalue weighted by atomic mass is 10.2. The smallest absolute Gasteiger partial charge is 0.252 e. The number of aryl methyl sites for hydroxylation is 1. The normalized spacial score (nSPS) is 12.1. The average Bonchev–Trinajstić information content (AvgIpc) is 3.07. The van der Waals surface area contributed by atoms with E-state index in [1.54, 1.807) is 13.2 Å². The summed E-state index contributed by atoms with van der Waals surface area (Å²) < 4.78 is 10.6. The molecule has 3 rings (SSSR count). The number of benzene rings is 1. The molecular weight excluding hydrogens is 348 g/mol. The van der Waals surface area contributed by atoms with Crippen molar-refractivity contribution < 1.29 is 19.4 Å². The summed E-state index contributed by atoms with van der Waals surface area (Å²) in [4.78, 5) is 16.4. The van der Waals surface area contributed by atoms with Crippen LogP contribution in [0.2, 0.25) is 0 Å². The highest BCUT2D eigenvalue weighted by atomic mass is 16.5. The Kier molecular flexibility index (Phi) is 6.00. The number of carbonyl (C=O) groups is 1. The van der Waals surface area contributed by atoms with Crippen molar-refractivity contribution in [3.8, 4) is 5.75 Å². The van der Waals surface area contributed by atoms with Crippen molar-refractivity contribution in [2.75, 3.05) is 20.3 Å². The lowest BCUT2D eigenvalue weighted by molar-refractivity contribution is 0.0285. The molecule has 0 aliphatic carbocycles. The largest absolute Gasteiger partial charge is 0.497 e. The van der Waals surface area contributed by atoms with Crippen LogP contribution in [0.5, 0.6) is 5.75 Å². The molecule has 0 fully saturated rings. The van der Waals surface area contributed by atoms with Gasteiger partial charge in [-0.2, -0.15) is 5.10 Å². The summed E-state index contributed by atoms with van der Waals surface area (Å²) in [7, 11) is 1.61. The molecule has 1 atom stereocenters. The van der Waals surface area contributed by atoms with Crippen molar-refractivity contribution in [1.29, 1.82) is 0 Å². The van der Waals surface area contributed by atoms with Crippen LogP contribution < -0.4 is 10.1 Å². The van der Waals surface area contributed by atoms with Gasteiger partial charge in [-0.25, -0.2) is 4.98 Å². The maximum Gasteiger partial charge on any atom is 0.252 e.